The Balaban J connectivity index is 2.68. The summed E-state index contributed by atoms with van der Waals surface area (Å²) in [5.74, 6) is -0.280. The monoisotopic (exact) mass is 273 g/mol. The van der Waals surface area contributed by atoms with E-state index in [4.69, 9.17) is 0 Å². The van der Waals surface area contributed by atoms with E-state index in [2.05, 4.69) is 0 Å². The molecule has 0 atom stereocenters. The summed E-state index contributed by atoms with van der Waals surface area (Å²) in [4.78, 5) is 13.1. The molecule has 106 valence electrons. The summed E-state index contributed by atoms with van der Waals surface area (Å²) >= 11 is 0. The molecule has 0 bridgehead atoms. The Morgan fingerprint density at radius 2 is 1.79 bits per heavy atom. The molecular formula is C14H18F3NO. The Bertz CT molecular complexity index is 412. The molecule has 1 aromatic carbocycles. The molecule has 2 nitrogen and oxygen atoms in total. The molecule has 0 amide bonds. The highest BCUT2D eigenvalue weighted by molar-refractivity contribution is 5.97. The molecule has 19 heavy (non-hydrogen) atoms. The van der Waals surface area contributed by atoms with Crippen molar-refractivity contribution in [3.8, 4) is 0 Å². The number of nitrogens with zero attached hydrogens (tertiary/aromatic N) is 1. The third-order valence-corrected chi connectivity index (χ3v) is 2.68. The van der Waals surface area contributed by atoms with Gasteiger partial charge in [-0.1, -0.05) is 36.8 Å². The number of alkyl halides is 3. The summed E-state index contributed by atoms with van der Waals surface area (Å²) in [6, 6.07) is 6.85. The van der Waals surface area contributed by atoms with Crippen LogP contribution >= 0.6 is 0 Å². The summed E-state index contributed by atoms with van der Waals surface area (Å²) in [5, 5.41) is 0. The van der Waals surface area contributed by atoms with Crippen molar-refractivity contribution in [1.29, 1.82) is 0 Å². The van der Waals surface area contributed by atoms with Crippen LogP contribution in [0.3, 0.4) is 0 Å². The number of aryl methyl sites for hydroxylation is 1. The number of ketones is 1. The first-order chi connectivity index (χ1) is 8.81. The first-order valence-corrected chi connectivity index (χ1v) is 6.21. The van der Waals surface area contributed by atoms with E-state index in [1.165, 1.54) is 0 Å². The van der Waals surface area contributed by atoms with E-state index in [1.807, 2.05) is 6.92 Å². The number of carbonyl (C=O) groups excluding carboxylic acids is 1. The fraction of sp³-hybridized carbons (Fsp3) is 0.500. The van der Waals surface area contributed by atoms with Crippen molar-refractivity contribution in [3.63, 3.8) is 0 Å². The predicted octanol–water partition coefficient (Wildman–Crippen LogP) is 3.45. The van der Waals surface area contributed by atoms with Gasteiger partial charge in [-0.2, -0.15) is 13.2 Å². The van der Waals surface area contributed by atoms with Crippen LogP contribution in [0, 0.1) is 6.92 Å². The number of halogens is 3. The Labute approximate surface area is 111 Å². The van der Waals surface area contributed by atoms with Crippen LogP contribution in [0.1, 0.15) is 29.3 Å². The fourth-order valence-electron chi connectivity index (χ4n) is 1.82. The van der Waals surface area contributed by atoms with Gasteiger partial charge in [0, 0.05) is 5.56 Å². The zero-order chi connectivity index (χ0) is 14.5. The first-order valence-electron chi connectivity index (χ1n) is 6.21. The molecule has 0 aliphatic heterocycles. The Morgan fingerprint density at radius 1 is 1.21 bits per heavy atom. The van der Waals surface area contributed by atoms with Crippen LogP contribution in [-0.2, 0) is 0 Å². The van der Waals surface area contributed by atoms with Crippen LogP contribution < -0.4 is 0 Å². The van der Waals surface area contributed by atoms with Gasteiger partial charge in [-0.05, 0) is 19.9 Å². The average molecular weight is 273 g/mol. The van der Waals surface area contributed by atoms with Gasteiger partial charge in [-0.15, -0.1) is 0 Å². The standard InChI is InChI=1S/C14H18F3NO/c1-3-8-18(10-14(15,16)17)9-13(19)12-6-4-11(2)5-7-12/h4-7H,3,8-10H2,1-2H3. The zero-order valence-electron chi connectivity index (χ0n) is 11.1. The van der Waals surface area contributed by atoms with E-state index in [1.54, 1.807) is 31.2 Å². The maximum atomic E-state index is 12.4. The quantitative estimate of drug-likeness (QED) is 0.740. The van der Waals surface area contributed by atoms with Crippen molar-refractivity contribution in [3.05, 3.63) is 35.4 Å². The number of hydrogen-bond acceptors (Lipinski definition) is 2. The van der Waals surface area contributed by atoms with Crippen molar-refractivity contribution < 1.29 is 18.0 Å². The molecule has 5 heteroatoms. The van der Waals surface area contributed by atoms with E-state index in [9.17, 15) is 18.0 Å². The maximum Gasteiger partial charge on any atom is 0.401 e. The lowest BCUT2D eigenvalue weighted by Crippen LogP contribution is -2.38. The Hall–Kier alpha value is -1.36. The molecule has 0 spiro atoms. The molecule has 1 aromatic rings. The second-order valence-corrected chi connectivity index (χ2v) is 4.62. The first kappa shape index (κ1) is 15.7. The minimum Gasteiger partial charge on any atom is -0.293 e. The van der Waals surface area contributed by atoms with E-state index in [0.29, 0.717) is 12.0 Å². The zero-order valence-corrected chi connectivity index (χ0v) is 11.1. The van der Waals surface area contributed by atoms with Crippen LogP contribution in [0.25, 0.3) is 0 Å². The topological polar surface area (TPSA) is 20.3 Å². The predicted molar refractivity (Wildman–Crippen MR) is 68.3 cm³/mol. The van der Waals surface area contributed by atoms with Gasteiger partial charge in [0.15, 0.2) is 5.78 Å². The molecule has 0 unspecified atom stereocenters. The Morgan fingerprint density at radius 3 is 2.26 bits per heavy atom. The molecule has 0 N–H and O–H groups in total. The smallest absolute Gasteiger partial charge is 0.293 e. The molecule has 0 saturated carbocycles. The van der Waals surface area contributed by atoms with Crippen LogP contribution in [-0.4, -0.2) is 36.5 Å². The molecule has 1 rings (SSSR count). The summed E-state index contributed by atoms with van der Waals surface area (Å²) in [7, 11) is 0. The third kappa shape index (κ3) is 5.87. The SMILES string of the molecule is CCCN(CC(=O)c1ccc(C)cc1)CC(F)(F)F. The largest absolute Gasteiger partial charge is 0.401 e. The van der Waals surface area contributed by atoms with Gasteiger partial charge in [0.1, 0.15) is 0 Å². The van der Waals surface area contributed by atoms with Crippen molar-refractivity contribution >= 4 is 5.78 Å². The van der Waals surface area contributed by atoms with E-state index in [-0.39, 0.29) is 18.9 Å². The summed E-state index contributed by atoms with van der Waals surface area (Å²) in [6.07, 6.45) is -3.69. The highest BCUT2D eigenvalue weighted by Crippen LogP contribution is 2.17. The van der Waals surface area contributed by atoms with Crippen molar-refractivity contribution in [2.75, 3.05) is 19.6 Å². The van der Waals surface area contributed by atoms with Gasteiger partial charge in [-0.25, -0.2) is 0 Å². The number of benzene rings is 1. The second kappa shape index (κ2) is 6.70. The number of Topliss-reactive ketones (excluding diaryl/α,β-unsaturated/α-hetero) is 1. The van der Waals surface area contributed by atoms with E-state index < -0.39 is 12.7 Å². The molecule has 0 aliphatic rings. The minimum absolute atomic E-state index is 0.198. The highest BCUT2D eigenvalue weighted by atomic mass is 19.4. The maximum absolute atomic E-state index is 12.4. The van der Waals surface area contributed by atoms with Gasteiger partial charge in [0.2, 0.25) is 0 Å². The molecule has 0 fully saturated rings. The van der Waals surface area contributed by atoms with E-state index in [0.717, 1.165) is 10.5 Å². The van der Waals surface area contributed by atoms with E-state index >= 15 is 0 Å². The van der Waals surface area contributed by atoms with Gasteiger partial charge in [0.25, 0.3) is 0 Å². The lowest BCUT2D eigenvalue weighted by molar-refractivity contribution is -0.144. The molecular weight excluding hydrogens is 255 g/mol. The molecule has 0 aromatic heterocycles. The lowest BCUT2D eigenvalue weighted by Gasteiger charge is -2.22. The van der Waals surface area contributed by atoms with Gasteiger partial charge in [0.05, 0.1) is 13.1 Å². The highest BCUT2D eigenvalue weighted by Gasteiger charge is 2.31. The molecule has 0 saturated heterocycles. The Kier molecular flexibility index (Phi) is 5.54. The van der Waals surface area contributed by atoms with Gasteiger partial charge < -0.3 is 0 Å². The number of rotatable bonds is 6. The minimum atomic E-state index is -4.28. The molecule has 0 radical (unpaired) electrons. The number of carbonyl (C=O) groups is 1. The van der Waals surface area contributed by atoms with Crippen LogP contribution in [0.5, 0.6) is 0 Å². The normalized spacial score (nSPS) is 11.9. The summed E-state index contributed by atoms with van der Waals surface area (Å²) in [5.41, 5.74) is 1.46. The lowest BCUT2D eigenvalue weighted by atomic mass is 10.1. The van der Waals surface area contributed by atoms with Gasteiger partial charge >= 0.3 is 6.18 Å². The van der Waals surface area contributed by atoms with Crippen LogP contribution in [0.4, 0.5) is 13.2 Å². The van der Waals surface area contributed by atoms with Crippen molar-refractivity contribution in [1.82, 2.24) is 4.90 Å². The molecule has 0 heterocycles. The summed E-state index contributed by atoms with van der Waals surface area (Å²) in [6.45, 7) is 2.70. The third-order valence-electron chi connectivity index (χ3n) is 2.68. The van der Waals surface area contributed by atoms with Crippen molar-refractivity contribution in [2.24, 2.45) is 0 Å². The van der Waals surface area contributed by atoms with Crippen LogP contribution in [0.2, 0.25) is 0 Å². The van der Waals surface area contributed by atoms with Gasteiger partial charge in [-0.3, -0.25) is 9.69 Å². The van der Waals surface area contributed by atoms with Crippen molar-refractivity contribution in [2.45, 2.75) is 26.4 Å². The van der Waals surface area contributed by atoms with Crippen LogP contribution in [0.15, 0.2) is 24.3 Å². The average Bonchev–Trinajstić information content (AvgIpc) is 2.27. The molecule has 0 aliphatic carbocycles. The second-order valence-electron chi connectivity index (χ2n) is 4.62. The number of hydrogen-bond donors (Lipinski definition) is 0. The fourth-order valence-corrected chi connectivity index (χ4v) is 1.82. The summed E-state index contributed by atoms with van der Waals surface area (Å²) < 4.78 is 37.1.